The van der Waals surface area contributed by atoms with E-state index in [0.717, 1.165) is 35.0 Å². The highest BCUT2D eigenvalue weighted by Crippen LogP contribution is 2.32. The Morgan fingerprint density at radius 3 is 2.70 bits per heavy atom. The smallest absolute Gasteiger partial charge is 0.123 e. The van der Waals surface area contributed by atoms with Crippen LogP contribution in [0.3, 0.4) is 0 Å². The van der Waals surface area contributed by atoms with Crippen LogP contribution in [0.1, 0.15) is 38.7 Å². The lowest BCUT2D eigenvalue weighted by Gasteiger charge is -2.32. The summed E-state index contributed by atoms with van der Waals surface area (Å²) in [6.07, 6.45) is 5.34. The summed E-state index contributed by atoms with van der Waals surface area (Å²) in [6, 6.07) is 6.98. The van der Waals surface area contributed by atoms with Gasteiger partial charge in [-0.25, -0.2) is 0 Å². The van der Waals surface area contributed by atoms with Gasteiger partial charge in [0.05, 0.1) is 0 Å². The standard InChI is InChI=1S/C17H24BrNO/c1-11-5-12(2)7-15(6-11)19-10-16-9-13-8-14(18)3-4-17(13)20-16/h3-4,8,11-12,15-16,19H,5-7,9-10H2,1-2H3. The average Bonchev–Trinajstić information content (AvgIpc) is 2.77. The molecule has 1 fully saturated rings. The molecule has 0 bridgehead atoms. The number of nitrogens with one attached hydrogen (secondary N) is 1. The second-order valence-corrected chi connectivity index (χ2v) is 7.63. The van der Waals surface area contributed by atoms with E-state index in [1.807, 2.05) is 0 Å². The predicted molar refractivity (Wildman–Crippen MR) is 86.2 cm³/mol. The van der Waals surface area contributed by atoms with Crippen molar-refractivity contribution in [3.8, 4) is 5.75 Å². The van der Waals surface area contributed by atoms with E-state index in [4.69, 9.17) is 4.74 Å². The topological polar surface area (TPSA) is 21.3 Å². The molecule has 20 heavy (non-hydrogen) atoms. The number of rotatable bonds is 3. The number of fused-ring (bicyclic) bond motifs is 1. The van der Waals surface area contributed by atoms with Crippen molar-refractivity contribution in [1.82, 2.24) is 5.32 Å². The third kappa shape index (κ3) is 3.37. The lowest BCUT2D eigenvalue weighted by Crippen LogP contribution is -2.41. The average molecular weight is 338 g/mol. The second kappa shape index (κ2) is 6.07. The second-order valence-electron chi connectivity index (χ2n) is 6.72. The molecule has 3 rings (SSSR count). The fourth-order valence-electron chi connectivity index (χ4n) is 3.81. The Kier molecular flexibility index (Phi) is 4.37. The summed E-state index contributed by atoms with van der Waals surface area (Å²) in [7, 11) is 0. The van der Waals surface area contributed by atoms with Crippen LogP contribution < -0.4 is 10.1 Å². The van der Waals surface area contributed by atoms with E-state index < -0.39 is 0 Å². The molecule has 1 aliphatic heterocycles. The zero-order valence-electron chi connectivity index (χ0n) is 12.4. The molecule has 1 aromatic rings. The Balaban J connectivity index is 1.51. The van der Waals surface area contributed by atoms with Crippen LogP contribution in [-0.4, -0.2) is 18.7 Å². The lowest BCUT2D eigenvalue weighted by molar-refractivity contribution is 0.191. The Morgan fingerprint density at radius 2 is 1.95 bits per heavy atom. The molecule has 110 valence electrons. The number of ether oxygens (including phenoxy) is 1. The van der Waals surface area contributed by atoms with Gasteiger partial charge in [0.1, 0.15) is 11.9 Å². The monoisotopic (exact) mass is 337 g/mol. The Bertz CT molecular complexity index is 466. The highest BCUT2D eigenvalue weighted by atomic mass is 79.9. The summed E-state index contributed by atoms with van der Waals surface area (Å²) < 4.78 is 7.17. The van der Waals surface area contributed by atoms with Crippen LogP contribution in [0.15, 0.2) is 22.7 Å². The quantitative estimate of drug-likeness (QED) is 0.893. The van der Waals surface area contributed by atoms with Gasteiger partial charge >= 0.3 is 0 Å². The minimum Gasteiger partial charge on any atom is -0.488 e. The van der Waals surface area contributed by atoms with Crippen LogP contribution in [0.2, 0.25) is 0 Å². The van der Waals surface area contributed by atoms with Crippen molar-refractivity contribution in [3.63, 3.8) is 0 Å². The number of hydrogen-bond acceptors (Lipinski definition) is 2. The SMILES string of the molecule is CC1CC(C)CC(NCC2Cc3cc(Br)ccc3O2)C1. The first-order chi connectivity index (χ1) is 9.60. The highest BCUT2D eigenvalue weighted by Gasteiger charge is 2.27. The molecule has 0 amide bonds. The maximum Gasteiger partial charge on any atom is 0.123 e. The minimum absolute atomic E-state index is 0.298. The van der Waals surface area contributed by atoms with Gasteiger partial charge < -0.3 is 10.1 Å². The van der Waals surface area contributed by atoms with Gasteiger partial charge in [-0.05, 0) is 54.9 Å². The van der Waals surface area contributed by atoms with Gasteiger partial charge in [0.25, 0.3) is 0 Å². The minimum atomic E-state index is 0.298. The molecule has 3 atom stereocenters. The molecule has 2 nitrogen and oxygen atoms in total. The van der Waals surface area contributed by atoms with E-state index in [9.17, 15) is 0 Å². The molecule has 0 spiro atoms. The predicted octanol–water partition coefficient (Wildman–Crippen LogP) is 4.17. The van der Waals surface area contributed by atoms with E-state index in [-0.39, 0.29) is 0 Å². The lowest BCUT2D eigenvalue weighted by atomic mass is 9.80. The van der Waals surface area contributed by atoms with Crippen molar-refractivity contribution in [2.75, 3.05) is 6.54 Å². The molecular formula is C17H24BrNO. The van der Waals surface area contributed by atoms with E-state index in [0.29, 0.717) is 12.1 Å². The van der Waals surface area contributed by atoms with Crippen molar-refractivity contribution >= 4 is 15.9 Å². The van der Waals surface area contributed by atoms with Crippen molar-refractivity contribution in [2.45, 2.75) is 51.7 Å². The van der Waals surface area contributed by atoms with Crippen molar-refractivity contribution in [3.05, 3.63) is 28.2 Å². The molecule has 1 aromatic carbocycles. The Labute approximate surface area is 130 Å². The molecule has 1 heterocycles. The third-order valence-electron chi connectivity index (χ3n) is 4.58. The van der Waals surface area contributed by atoms with Crippen LogP contribution in [0.25, 0.3) is 0 Å². The summed E-state index contributed by atoms with van der Waals surface area (Å²) in [4.78, 5) is 0. The highest BCUT2D eigenvalue weighted by molar-refractivity contribution is 9.10. The molecule has 3 heteroatoms. The maximum atomic E-state index is 6.02. The van der Waals surface area contributed by atoms with Gasteiger partial charge in [0, 0.05) is 23.5 Å². The summed E-state index contributed by atoms with van der Waals surface area (Å²) in [6.45, 7) is 5.73. The normalized spacial score (nSPS) is 32.8. The first kappa shape index (κ1) is 14.4. The fourth-order valence-corrected chi connectivity index (χ4v) is 4.22. The fraction of sp³-hybridized carbons (Fsp3) is 0.647. The van der Waals surface area contributed by atoms with E-state index in [2.05, 4.69) is 53.3 Å². The summed E-state index contributed by atoms with van der Waals surface area (Å²) in [5.74, 6) is 2.77. The molecule has 1 saturated carbocycles. The van der Waals surface area contributed by atoms with Gasteiger partial charge in [0.2, 0.25) is 0 Å². The largest absolute Gasteiger partial charge is 0.488 e. The summed E-state index contributed by atoms with van der Waals surface area (Å²) in [5, 5.41) is 3.74. The van der Waals surface area contributed by atoms with Gasteiger partial charge in [-0.2, -0.15) is 0 Å². The van der Waals surface area contributed by atoms with Crippen LogP contribution in [0, 0.1) is 11.8 Å². The molecule has 1 N–H and O–H groups in total. The summed E-state index contributed by atoms with van der Waals surface area (Å²) in [5.41, 5.74) is 1.33. The molecule has 0 radical (unpaired) electrons. The number of halogens is 1. The van der Waals surface area contributed by atoms with Crippen LogP contribution in [0.4, 0.5) is 0 Å². The number of hydrogen-bond donors (Lipinski definition) is 1. The number of benzene rings is 1. The molecule has 1 aliphatic carbocycles. The van der Waals surface area contributed by atoms with E-state index in [1.165, 1.54) is 24.8 Å². The van der Waals surface area contributed by atoms with E-state index >= 15 is 0 Å². The third-order valence-corrected chi connectivity index (χ3v) is 5.07. The molecule has 0 aromatic heterocycles. The van der Waals surface area contributed by atoms with Crippen LogP contribution >= 0.6 is 15.9 Å². The Morgan fingerprint density at radius 1 is 1.20 bits per heavy atom. The maximum absolute atomic E-state index is 6.02. The first-order valence-electron chi connectivity index (χ1n) is 7.78. The van der Waals surface area contributed by atoms with Crippen LogP contribution in [-0.2, 0) is 6.42 Å². The van der Waals surface area contributed by atoms with Gasteiger partial charge in [0.15, 0.2) is 0 Å². The molecule has 0 saturated heterocycles. The van der Waals surface area contributed by atoms with E-state index in [1.54, 1.807) is 0 Å². The molecule has 3 unspecified atom stereocenters. The van der Waals surface area contributed by atoms with Crippen LogP contribution in [0.5, 0.6) is 5.75 Å². The van der Waals surface area contributed by atoms with Crippen molar-refractivity contribution < 1.29 is 4.74 Å². The first-order valence-corrected chi connectivity index (χ1v) is 8.58. The summed E-state index contributed by atoms with van der Waals surface area (Å²) >= 11 is 3.53. The van der Waals surface area contributed by atoms with Gasteiger partial charge in [-0.15, -0.1) is 0 Å². The Hall–Kier alpha value is -0.540. The molecular weight excluding hydrogens is 314 g/mol. The zero-order chi connectivity index (χ0) is 14.1. The van der Waals surface area contributed by atoms with Crippen molar-refractivity contribution in [2.24, 2.45) is 11.8 Å². The van der Waals surface area contributed by atoms with Gasteiger partial charge in [-0.1, -0.05) is 29.8 Å². The van der Waals surface area contributed by atoms with Crippen molar-refractivity contribution in [1.29, 1.82) is 0 Å². The zero-order valence-corrected chi connectivity index (χ0v) is 13.9. The molecule has 2 aliphatic rings. The van der Waals surface area contributed by atoms with Gasteiger partial charge in [-0.3, -0.25) is 0 Å².